The molecule has 0 unspecified atom stereocenters. The van der Waals surface area contributed by atoms with Gasteiger partial charge in [-0.15, -0.1) is 0 Å². The fourth-order valence-electron chi connectivity index (χ4n) is 1.18. The monoisotopic (exact) mass is 311 g/mol. The molecule has 1 aromatic rings. The number of pyridine rings is 1. The van der Waals surface area contributed by atoms with E-state index in [-0.39, 0.29) is 17.2 Å². The van der Waals surface area contributed by atoms with E-state index >= 15 is 0 Å². The highest BCUT2D eigenvalue weighted by Crippen LogP contribution is 2.24. The lowest BCUT2D eigenvalue weighted by Crippen LogP contribution is -2.11. The van der Waals surface area contributed by atoms with Crippen molar-refractivity contribution in [1.82, 2.24) is 4.98 Å². The topological polar surface area (TPSA) is 110 Å². The van der Waals surface area contributed by atoms with Crippen LogP contribution in [0.2, 0.25) is 0 Å². The van der Waals surface area contributed by atoms with E-state index in [4.69, 9.17) is 9.47 Å². The maximum atomic E-state index is 11.2. The Labute approximate surface area is 125 Å². The van der Waals surface area contributed by atoms with Crippen LogP contribution < -0.4 is 9.47 Å². The van der Waals surface area contributed by atoms with Gasteiger partial charge in [0.05, 0.1) is 21.3 Å². The highest BCUT2D eigenvalue weighted by Gasteiger charge is 2.13. The Hall–Kier alpha value is -3.10. The van der Waals surface area contributed by atoms with Crippen molar-refractivity contribution in [3.63, 3.8) is 0 Å². The van der Waals surface area contributed by atoms with Gasteiger partial charge >= 0.3 is 18.3 Å². The molecule has 0 spiro atoms. The number of carbonyl (C=O) groups excluding carboxylic acids is 3. The number of carbonyl (C=O) groups is 3. The van der Waals surface area contributed by atoms with Crippen molar-refractivity contribution < 1.29 is 38.1 Å². The third kappa shape index (κ3) is 5.12. The van der Waals surface area contributed by atoms with E-state index < -0.39 is 18.3 Å². The summed E-state index contributed by atoms with van der Waals surface area (Å²) in [5, 5.41) is 0. The highest BCUT2D eigenvalue weighted by molar-refractivity contribution is 5.87. The zero-order chi connectivity index (χ0) is 16.5. The summed E-state index contributed by atoms with van der Waals surface area (Å²) in [6.45, 7) is 0. The van der Waals surface area contributed by atoms with Gasteiger partial charge in [0, 0.05) is 23.9 Å². The molecular weight excluding hydrogens is 298 g/mol. The molecule has 0 fully saturated rings. The largest absolute Gasteiger partial charge is 0.514 e. The molecule has 0 radical (unpaired) electrons. The lowest BCUT2D eigenvalue weighted by atomic mass is 10.2. The van der Waals surface area contributed by atoms with Gasteiger partial charge < -0.3 is 23.7 Å². The average molecular weight is 311 g/mol. The van der Waals surface area contributed by atoms with E-state index in [1.807, 2.05) is 0 Å². The summed E-state index contributed by atoms with van der Waals surface area (Å²) in [5.74, 6) is -0.819. The molecule has 0 saturated carbocycles. The minimum atomic E-state index is -0.997. The quantitative estimate of drug-likeness (QED) is 0.464. The van der Waals surface area contributed by atoms with Crippen LogP contribution in [-0.2, 0) is 19.0 Å². The van der Waals surface area contributed by atoms with E-state index in [0.29, 0.717) is 0 Å². The number of aromatic nitrogens is 1. The van der Waals surface area contributed by atoms with Gasteiger partial charge in [0.15, 0.2) is 0 Å². The van der Waals surface area contributed by atoms with Crippen molar-refractivity contribution in [2.75, 3.05) is 21.3 Å². The van der Waals surface area contributed by atoms with Crippen LogP contribution in [0.4, 0.5) is 9.59 Å². The zero-order valence-electron chi connectivity index (χ0n) is 12.0. The number of esters is 1. The van der Waals surface area contributed by atoms with Gasteiger partial charge in [-0.05, 0) is 6.08 Å². The van der Waals surface area contributed by atoms with Crippen molar-refractivity contribution in [3.05, 3.63) is 23.9 Å². The molecule has 0 bridgehead atoms. The van der Waals surface area contributed by atoms with Crippen molar-refractivity contribution in [1.29, 1.82) is 0 Å². The van der Waals surface area contributed by atoms with Crippen LogP contribution >= 0.6 is 0 Å². The van der Waals surface area contributed by atoms with Crippen LogP contribution in [0.15, 0.2) is 18.3 Å². The standard InChI is InChI=1S/C13H13NO8/c1-18-11(15)5-4-8-7-14-10(22-13(17)20-3)6-9(8)21-12(16)19-2/h4-7H,1-3H3. The third-order valence-corrected chi connectivity index (χ3v) is 2.18. The molecule has 0 atom stereocenters. The molecule has 0 aliphatic carbocycles. The number of ether oxygens (including phenoxy) is 5. The molecule has 0 N–H and O–H groups in total. The third-order valence-electron chi connectivity index (χ3n) is 2.18. The van der Waals surface area contributed by atoms with Crippen molar-refractivity contribution in [2.45, 2.75) is 0 Å². The summed E-state index contributed by atoms with van der Waals surface area (Å²) < 4.78 is 22.7. The fourth-order valence-corrected chi connectivity index (χ4v) is 1.18. The molecule has 1 heterocycles. The Balaban J connectivity index is 3.08. The first-order chi connectivity index (χ1) is 10.5. The fraction of sp³-hybridized carbons (Fsp3) is 0.231. The second-order valence-electron chi connectivity index (χ2n) is 3.53. The number of hydrogen-bond acceptors (Lipinski definition) is 9. The molecule has 22 heavy (non-hydrogen) atoms. The molecule has 0 saturated heterocycles. The minimum absolute atomic E-state index is 0.0408. The lowest BCUT2D eigenvalue weighted by Gasteiger charge is -2.08. The highest BCUT2D eigenvalue weighted by atomic mass is 16.7. The molecule has 0 aromatic carbocycles. The van der Waals surface area contributed by atoms with Crippen molar-refractivity contribution >= 4 is 24.4 Å². The van der Waals surface area contributed by atoms with Crippen LogP contribution in [0, 0.1) is 0 Å². The molecule has 0 amide bonds. The van der Waals surface area contributed by atoms with Gasteiger partial charge in [-0.1, -0.05) is 0 Å². The van der Waals surface area contributed by atoms with Gasteiger partial charge in [0.1, 0.15) is 5.75 Å². The van der Waals surface area contributed by atoms with E-state index in [0.717, 1.165) is 26.4 Å². The summed E-state index contributed by atoms with van der Waals surface area (Å²) >= 11 is 0. The second kappa shape index (κ2) is 8.25. The first kappa shape index (κ1) is 17.0. The summed E-state index contributed by atoms with van der Waals surface area (Å²) in [4.78, 5) is 37.1. The predicted octanol–water partition coefficient (Wildman–Crippen LogP) is 1.56. The Kier molecular flexibility index (Phi) is 6.35. The number of hydrogen-bond donors (Lipinski definition) is 0. The number of rotatable bonds is 4. The summed E-state index contributed by atoms with van der Waals surface area (Å²) in [6.07, 6.45) is 1.63. The van der Waals surface area contributed by atoms with Crippen molar-refractivity contribution in [2.24, 2.45) is 0 Å². The first-order valence-electron chi connectivity index (χ1n) is 5.77. The maximum Gasteiger partial charge on any atom is 0.514 e. The van der Waals surface area contributed by atoms with Crippen LogP contribution in [-0.4, -0.2) is 44.6 Å². The summed E-state index contributed by atoms with van der Waals surface area (Å²) in [6, 6.07) is 1.16. The second-order valence-corrected chi connectivity index (χ2v) is 3.53. The van der Waals surface area contributed by atoms with E-state index in [2.05, 4.69) is 19.2 Å². The SMILES string of the molecule is COC(=O)C=Cc1cnc(OC(=O)OC)cc1OC(=O)OC. The van der Waals surface area contributed by atoms with Crippen LogP contribution in [0.3, 0.4) is 0 Å². The Morgan fingerprint density at radius 3 is 2.23 bits per heavy atom. The molecule has 118 valence electrons. The lowest BCUT2D eigenvalue weighted by molar-refractivity contribution is -0.134. The van der Waals surface area contributed by atoms with Crippen LogP contribution in [0.1, 0.15) is 5.56 Å². The van der Waals surface area contributed by atoms with E-state index in [1.54, 1.807) is 0 Å². The predicted molar refractivity (Wildman–Crippen MR) is 71.4 cm³/mol. The van der Waals surface area contributed by atoms with Gasteiger partial charge in [-0.25, -0.2) is 19.4 Å². The summed E-state index contributed by atoms with van der Waals surface area (Å²) in [5.41, 5.74) is 0.257. The van der Waals surface area contributed by atoms with Gasteiger partial charge in [0.2, 0.25) is 5.88 Å². The molecule has 1 aromatic heterocycles. The minimum Gasteiger partial charge on any atom is -0.466 e. The molecule has 9 nitrogen and oxygen atoms in total. The smallest absolute Gasteiger partial charge is 0.466 e. The molecule has 0 aliphatic heterocycles. The first-order valence-corrected chi connectivity index (χ1v) is 5.77. The van der Waals surface area contributed by atoms with Gasteiger partial charge in [-0.2, -0.15) is 0 Å². The molecule has 0 aliphatic rings. The Morgan fingerprint density at radius 2 is 1.64 bits per heavy atom. The van der Waals surface area contributed by atoms with Gasteiger partial charge in [-0.3, -0.25) is 0 Å². The Morgan fingerprint density at radius 1 is 1.00 bits per heavy atom. The number of methoxy groups -OCH3 is 3. The van der Waals surface area contributed by atoms with Gasteiger partial charge in [0.25, 0.3) is 0 Å². The number of nitrogens with zero attached hydrogens (tertiary/aromatic N) is 1. The van der Waals surface area contributed by atoms with Crippen LogP contribution in [0.25, 0.3) is 6.08 Å². The molecular formula is C13H13NO8. The summed E-state index contributed by atoms with van der Waals surface area (Å²) in [7, 11) is 3.46. The maximum absolute atomic E-state index is 11.2. The average Bonchev–Trinajstić information content (AvgIpc) is 2.53. The normalized spacial score (nSPS) is 9.95. The van der Waals surface area contributed by atoms with Crippen LogP contribution in [0.5, 0.6) is 11.6 Å². The van der Waals surface area contributed by atoms with E-state index in [1.165, 1.54) is 19.4 Å². The van der Waals surface area contributed by atoms with Crippen molar-refractivity contribution in [3.8, 4) is 11.6 Å². The van der Waals surface area contributed by atoms with E-state index in [9.17, 15) is 14.4 Å². The molecule has 1 rings (SSSR count). The molecule has 9 heteroatoms. The zero-order valence-corrected chi connectivity index (χ0v) is 12.0. The Bertz CT molecular complexity index is 596.